The third kappa shape index (κ3) is 3.30. The van der Waals surface area contributed by atoms with E-state index in [9.17, 15) is 4.79 Å². The zero-order chi connectivity index (χ0) is 12.1. The predicted molar refractivity (Wildman–Crippen MR) is 67.2 cm³/mol. The summed E-state index contributed by atoms with van der Waals surface area (Å²) in [5, 5.41) is 4.08. The average molecular weight is 241 g/mol. The van der Waals surface area contributed by atoms with E-state index in [0.29, 0.717) is 0 Å². The van der Waals surface area contributed by atoms with Crippen LogP contribution in [0, 0.1) is 0 Å². The lowest BCUT2D eigenvalue weighted by Crippen LogP contribution is -2.42. The number of thiophene rings is 1. The molecule has 4 N–H and O–H groups in total. The molecule has 1 rings (SSSR count). The molecule has 5 heteroatoms. The van der Waals surface area contributed by atoms with Gasteiger partial charge in [-0.2, -0.15) is 11.3 Å². The van der Waals surface area contributed by atoms with Crippen molar-refractivity contribution in [3.63, 3.8) is 0 Å². The van der Waals surface area contributed by atoms with E-state index < -0.39 is 0 Å². The number of carbonyl (C=O) groups excluding carboxylic acids is 1. The van der Waals surface area contributed by atoms with Crippen molar-refractivity contribution in [1.82, 2.24) is 4.90 Å². The van der Waals surface area contributed by atoms with Crippen LogP contribution in [0.25, 0.3) is 0 Å². The largest absolute Gasteiger partial charge is 0.369 e. The quantitative estimate of drug-likeness (QED) is 0.778. The fourth-order valence-electron chi connectivity index (χ4n) is 1.84. The van der Waals surface area contributed by atoms with E-state index in [1.165, 1.54) is 0 Å². The highest BCUT2D eigenvalue weighted by molar-refractivity contribution is 7.07. The Bertz CT molecular complexity index is 326. The lowest BCUT2D eigenvalue weighted by atomic mass is 9.99. The summed E-state index contributed by atoms with van der Waals surface area (Å²) >= 11 is 1.63. The molecule has 1 aromatic heterocycles. The summed E-state index contributed by atoms with van der Waals surface area (Å²) in [5.74, 6) is -0.328. The summed E-state index contributed by atoms with van der Waals surface area (Å²) in [6.07, 6.45) is 0.865. The van der Waals surface area contributed by atoms with Crippen LogP contribution in [-0.2, 0) is 4.79 Å². The van der Waals surface area contributed by atoms with E-state index in [0.717, 1.165) is 12.0 Å². The number of hydrogen-bond donors (Lipinski definition) is 2. The van der Waals surface area contributed by atoms with Crippen molar-refractivity contribution in [2.75, 3.05) is 13.6 Å². The normalized spacial score (nSPS) is 15.0. The maximum Gasteiger partial charge on any atom is 0.231 e. The van der Waals surface area contributed by atoms with Crippen LogP contribution in [0.4, 0.5) is 0 Å². The first-order valence-electron chi connectivity index (χ1n) is 5.32. The van der Waals surface area contributed by atoms with E-state index in [-0.39, 0.29) is 24.5 Å². The summed E-state index contributed by atoms with van der Waals surface area (Å²) in [6.45, 7) is 2.27. The van der Waals surface area contributed by atoms with Crippen LogP contribution in [0.15, 0.2) is 16.8 Å². The Morgan fingerprint density at radius 3 is 2.75 bits per heavy atom. The van der Waals surface area contributed by atoms with Gasteiger partial charge in [-0.25, -0.2) is 0 Å². The zero-order valence-electron chi connectivity index (χ0n) is 9.72. The molecule has 0 spiro atoms. The van der Waals surface area contributed by atoms with Crippen LogP contribution in [0.2, 0.25) is 0 Å². The fourth-order valence-corrected chi connectivity index (χ4v) is 2.53. The first-order valence-corrected chi connectivity index (χ1v) is 6.26. The average Bonchev–Trinajstić information content (AvgIpc) is 2.69. The van der Waals surface area contributed by atoms with Gasteiger partial charge in [0.05, 0.1) is 12.6 Å². The van der Waals surface area contributed by atoms with Crippen LogP contribution in [0.1, 0.15) is 24.9 Å². The molecule has 0 saturated heterocycles. The number of likely N-dealkylation sites (N-methyl/N-ethyl adjacent to an activating group) is 1. The SMILES string of the molecule is CCC(N)C(c1ccsc1)N(C)CC(N)=O. The highest BCUT2D eigenvalue weighted by atomic mass is 32.1. The standard InChI is InChI=1S/C11H19N3OS/c1-3-9(12)11(8-4-5-16-7-8)14(2)6-10(13)15/h4-5,7,9,11H,3,6,12H2,1-2H3,(H2,13,15). The van der Waals surface area contributed by atoms with E-state index in [1.807, 2.05) is 30.3 Å². The fraction of sp³-hybridized carbons (Fsp3) is 0.545. The van der Waals surface area contributed by atoms with Gasteiger partial charge in [-0.1, -0.05) is 6.92 Å². The highest BCUT2D eigenvalue weighted by Gasteiger charge is 2.24. The van der Waals surface area contributed by atoms with E-state index in [4.69, 9.17) is 11.5 Å². The number of amides is 1. The van der Waals surface area contributed by atoms with Crippen LogP contribution in [0.5, 0.6) is 0 Å². The van der Waals surface area contributed by atoms with Gasteiger partial charge in [0.2, 0.25) is 5.91 Å². The van der Waals surface area contributed by atoms with Crippen molar-refractivity contribution in [3.05, 3.63) is 22.4 Å². The number of nitrogens with zero attached hydrogens (tertiary/aromatic N) is 1. The molecule has 0 aliphatic carbocycles. The third-order valence-electron chi connectivity index (χ3n) is 2.64. The Balaban J connectivity index is 2.83. The predicted octanol–water partition coefficient (Wildman–Crippen LogP) is 0.944. The van der Waals surface area contributed by atoms with Crippen LogP contribution in [-0.4, -0.2) is 30.4 Å². The Morgan fingerprint density at radius 2 is 2.31 bits per heavy atom. The number of hydrogen-bond acceptors (Lipinski definition) is 4. The first-order chi connectivity index (χ1) is 7.56. The van der Waals surface area contributed by atoms with Gasteiger partial charge in [0, 0.05) is 6.04 Å². The van der Waals surface area contributed by atoms with Gasteiger partial charge >= 0.3 is 0 Å². The zero-order valence-corrected chi connectivity index (χ0v) is 10.5. The number of nitrogens with two attached hydrogens (primary N) is 2. The molecule has 0 aliphatic heterocycles. The molecule has 0 aromatic carbocycles. The van der Waals surface area contributed by atoms with Crippen molar-refractivity contribution in [3.8, 4) is 0 Å². The second kappa shape index (κ2) is 5.98. The van der Waals surface area contributed by atoms with Crippen molar-refractivity contribution in [2.45, 2.75) is 25.4 Å². The van der Waals surface area contributed by atoms with Crippen LogP contribution < -0.4 is 11.5 Å². The lowest BCUT2D eigenvalue weighted by Gasteiger charge is -2.31. The number of primary amides is 1. The molecule has 0 aliphatic rings. The molecule has 90 valence electrons. The second-order valence-corrected chi connectivity index (χ2v) is 4.74. The van der Waals surface area contributed by atoms with Crippen LogP contribution >= 0.6 is 11.3 Å². The molecule has 2 unspecified atom stereocenters. The Morgan fingerprint density at radius 1 is 1.62 bits per heavy atom. The molecule has 0 bridgehead atoms. The minimum atomic E-state index is -0.328. The Hall–Kier alpha value is -0.910. The van der Waals surface area contributed by atoms with E-state index in [1.54, 1.807) is 11.3 Å². The Kier molecular flexibility index (Phi) is 4.92. The summed E-state index contributed by atoms with van der Waals surface area (Å²) in [4.78, 5) is 12.9. The van der Waals surface area contributed by atoms with Gasteiger partial charge < -0.3 is 11.5 Å². The minimum Gasteiger partial charge on any atom is -0.369 e. The van der Waals surface area contributed by atoms with Crippen molar-refractivity contribution in [2.24, 2.45) is 11.5 Å². The topological polar surface area (TPSA) is 72.3 Å². The van der Waals surface area contributed by atoms with E-state index >= 15 is 0 Å². The summed E-state index contributed by atoms with van der Waals surface area (Å²) in [6, 6.07) is 2.12. The van der Waals surface area contributed by atoms with Gasteiger partial charge in [-0.15, -0.1) is 0 Å². The Labute approximate surface area is 100 Å². The number of carbonyl (C=O) groups is 1. The minimum absolute atomic E-state index is 0.0129. The molecular formula is C11H19N3OS. The summed E-state index contributed by atoms with van der Waals surface area (Å²) < 4.78 is 0. The third-order valence-corrected chi connectivity index (χ3v) is 3.34. The first kappa shape index (κ1) is 13.2. The van der Waals surface area contributed by atoms with Gasteiger partial charge in [-0.05, 0) is 35.9 Å². The highest BCUT2D eigenvalue weighted by Crippen LogP contribution is 2.25. The second-order valence-electron chi connectivity index (χ2n) is 3.96. The molecule has 2 atom stereocenters. The molecule has 1 aromatic rings. The summed E-state index contributed by atoms with van der Waals surface area (Å²) in [7, 11) is 1.88. The molecule has 1 amide bonds. The van der Waals surface area contributed by atoms with E-state index in [2.05, 4.69) is 5.38 Å². The molecule has 0 fully saturated rings. The van der Waals surface area contributed by atoms with Gasteiger partial charge in [0.15, 0.2) is 0 Å². The molecule has 0 saturated carbocycles. The van der Waals surface area contributed by atoms with Crippen molar-refractivity contribution < 1.29 is 4.79 Å². The monoisotopic (exact) mass is 241 g/mol. The maximum absolute atomic E-state index is 10.9. The maximum atomic E-state index is 10.9. The molecule has 4 nitrogen and oxygen atoms in total. The lowest BCUT2D eigenvalue weighted by molar-refractivity contribution is -0.119. The van der Waals surface area contributed by atoms with Crippen molar-refractivity contribution >= 4 is 17.2 Å². The van der Waals surface area contributed by atoms with Gasteiger partial charge in [-0.3, -0.25) is 9.69 Å². The summed E-state index contributed by atoms with van der Waals surface area (Å²) in [5.41, 5.74) is 12.5. The molecule has 1 heterocycles. The van der Waals surface area contributed by atoms with Crippen LogP contribution in [0.3, 0.4) is 0 Å². The van der Waals surface area contributed by atoms with Crippen molar-refractivity contribution in [1.29, 1.82) is 0 Å². The molecular weight excluding hydrogens is 222 g/mol. The number of rotatable bonds is 6. The molecule has 16 heavy (non-hydrogen) atoms. The molecule has 0 radical (unpaired) electrons. The smallest absolute Gasteiger partial charge is 0.231 e. The van der Waals surface area contributed by atoms with Gasteiger partial charge in [0.1, 0.15) is 0 Å². The van der Waals surface area contributed by atoms with Gasteiger partial charge in [0.25, 0.3) is 0 Å².